The number of alkyl halides is 3. The number of benzene rings is 2. The minimum Gasteiger partial charge on any atom is -0.361 e. The second kappa shape index (κ2) is 8.35. The van der Waals surface area contributed by atoms with Crippen molar-refractivity contribution < 1.29 is 4.79 Å². The fourth-order valence-electron chi connectivity index (χ4n) is 1.78. The lowest BCUT2D eigenvalue weighted by Crippen LogP contribution is -2.49. The largest absolute Gasteiger partial charge is 0.361 e. The van der Waals surface area contributed by atoms with Crippen LogP contribution in [0.5, 0.6) is 0 Å². The molecule has 0 unspecified atom stereocenters. The van der Waals surface area contributed by atoms with Crippen molar-refractivity contribution in [1.82, 2.24) is 5.32 Å². The Morgan fingerprint density at radius 2 is 1.67 bits per heavy atom. The Labute approximate surface area is 172 Å². The Hall–Kier alpha value is -0.360. The van der Waals surface area contributed by atoms with Crippen molar-refractivity contribution in [1.29, 1.82) is 0 Å². The summed E-state index contributed by atoms with van der Waals surface area (Å²) in [4.78, 5) is 12.3. The van der Waals surface area contributed by atoms with Crippen LogP contribution in [0.25, 0.3) is 0 Å². The lowest BCUT2D eigenvalue weighted by molar-refractivity contribution is 0.0942. The van der Waals surface area contributed by atoms with Crippen molar-refractivity contribution in [2.24, 2.45) is 0 Å². The van der Waals surface area contributed by atoms with E-state index in [1.807, 2.05) is 0 Å². The Morgan fingerprint density at radius 1 is 1.04 bits per heavy atom. The lowest BCUT2D eigenvalue weighted by atomic mass is 10.2. The van der Waals surface area contributed by atoms with E-state index in [1.165, 1.54) is 6.07 Å². The maximum atomic E-state index is 12.3. The molecule has 2 aromatic carbocycles. The van der Waals surface area contributed by atoms with Gasteiger partial charge in [-0.25, -0.2) is 0 Å². The first-order valence-corrected chi connectivity index (χ1v) is 9.20. The number of carbonyl (C=O) groups excluding carboxylic acids is 1. The van der Waals surface area contributed by atoms with Crippen molar-refractivity contribution in [3.8, 4) is 0 Å². The first-order chi connectivity index (χ1) is 11.2. The second-order valence-electron chi connectivity index (χ2n) is 4.72. The van der Waals surface area contributed by atoms with Crippen molar-refractivity contribution >= 4 is 85.5 Å². The van der Waals surface area contributed by atoms with Crippen LogP contribution >= 0.6 is 73.9 Å². The number of anilines is 1. The third-order valence-electron chi connectivity index (χ3n) is 2.94. The van der Waals surface area contributed by atoms with Gasteiger partial charge in [-0.05, 0) is 42.5 Å². The fourth-order valence-corrected chi connectivity index (χ4v) is 2.83. The van der Waals surface area contributed by atoms with Gasteiger partial charge in [0, 0.05) is 15.1 Å². The molecular formula is C15H10BrCl5N2O. The van der Waals surface area contributed by atoms with E-state index < -0.39 is 15.9 Å². The average molecular weight is 491 g/mol. The third kappa shape index (κ3) is 5.58. The smallest absolute Gasteiger partial charge is 0.252 e. The normalized spacial score (nSPS) is 12.6. The van der Waals surface area contributed by atoms with Crippen molar-refractivity contribution in [2.45, 2.75) is 9.96 Å². The molecule has 2 aromatic rings. The van der Waals surface area contributed by atoms with Crippen LogP contribution in [0.4, 0.5) is 5.69 Å². The summed E-state index contributed by atoms with van der Waals surface area (Å²) in [5, 5.41) is 6.33. The van der Waals surface area contributed by atoms with E-state index in [2.05, 4.69) is 26.6 Å². The zero-order valence-corrected chi connectivity index (χ0v) is 17.2. The van der Waals surface area contributed by atoms with Gasteiger partial charge in [0.2, 0.25) is 3.79 Å². The Kier molecular flexibility index (Phi) is 6.94. The molecule has 0 radical (unpaired) electrons. The SMILES string of the molecule is O=C(N[C@H](Nc1ccc(Cl)cc1Cl)C(Cl)(Cl)Cl)c1ccc(Br)cc1. The van der Waals surface area contributed by atoms with Gasteiger partial charge in [-0.15, -0.1) is 0 Å². The van der Waals surface area contributed by atoms with Gasteiger partial charge in [-0.2, -0.15) is 0 Å². The van der Waals surface area contributed by atoms with Gasteiger partial charge in [0.1, 0.15) is 6.17 Å². The highest BCUT2D eigenvalue weighted by Gasteiger charge is 2.34. The van der Waals surface area contributed by atoms with Gasteiger partial charge in [0.05, 0.1) is 10.7 Å². The van der Waals surface area contributed by atoms with Gasteiger partial charge in [0.15, 0.2) is 0 Å². The standard InChI is InChI=1S/C15H10BrCl5N2O/c16-9-3-1-8(2-4-9)13(24)23-14(15(19,20)21)22-12-6-5-10(17)7-11(12)18/h1-7,14,22H,(H,23,24)/t14-/m0/s1. The molecule has 1 atom stereocenters. The lowest BCUT2D eigenvalue weighted by Gasteiger charge is -2.28. The van der Waals surface area contributed by atoms with Gasteiger partial charge in [-0.1, -0.05) is 73.9 Å². The molecule has 3 nitrogen and oxygen atoms in total. The minimum absolute atomic E-state index is 0.333. The molecular weight excluding hydrogens is 481 g/mol. The van der Waals surface area contributed by atoms with Crippen LogP contribution in [0.1, 0.15) is 10.4 Å². The molecule has 0 aliphatic carbocycles. The molecule has 0 bridgehead atoms. The molecule has 128 valence electrons. The van der Waals surface area contributed by atoms with E-state index in [0.717, 1.165) is 4.47 Å². The molecule has 0 aliphatic rings. The number of amides is 1. The van der Waals surface area contributed by atoms with E-state index in [0.29, 0.717) is 21.3 Å². The Morgan fingerprint density at radius 3 is 2.21 bits per heavy atom. The molecule has 9 heteroatoms. The summed E-state index contributed by atoms with van der Waals surface area (Å²) >= 11 is 33.2. The van der Waals surface area contributed by atoms with E-state index in [4.69, 9.17) is 58.0 Å². The molecule has 0 saturated heterocycles. The zero-order valence-electron chi connectivity index (χ0n) is 11.8. The topological polar surface area (TPSA) is 41.1 Å². The van der Waals surface area contributed by atoms with Crippen LogP contribution in [-0.4, -0.2) is 15.9 Å². The van der Waals surface area contributed by atoms with E-state index in [1.54, 1.807) is 36.4 Å². The monoisotopic (exact) mass is 488 g/mol. The molecule has 0 fully saturated rings. The summed E-state index contributed by atoms with van der Waals surface area (Å²) in [6.45, 7) is 0. The van der Waals surface area contributed by atoms with Crippen molar-refractivity contribution in [2.75, 3.05) is 5.32 Å². The highest BCUT2D eigenvalue weighted by Crippen LogP contribution is 2.33. The summed E-state index contributed by atoms with van der Waals surface area (Å²) in [6, 6.07) is 11.6. The predicted molar refractivity (Wildman–Crippen MR) is 106 cm³/mol. The third-order valence-corrected chi connectivity index (χ3v) is 4.67. The summed E-state index contributed by atoms with van der Waals surface area (Å²) in [5.41, 5.74) is 0.884. The number of carbonyl (C=O) groups is 1. The molecule has 2 rings (SSSR count). The highest BCUT2D eigenvalue weighted by atomic mass is 79.9. The minimum atomic E-state index is -1.81. The number of halogens is 6. The van der Waals surface area contributed by atoms with Crippen LogP contribution in [0.2, 0.25) is 10.0 Å². The average Bonchev–Trinajstić information content (AvgIpc) is 2.48. The number of hydrogen-bond donors (Lipinski definition) is 2. The molecule has 0 spiro atoms. The number of hydrogen-bond acceptors (Lipinski definition) is 2. The van der Waals surface area contributed by atoms with Gasteiger partial charge in [-0.3, -0.25) is 4.79 Å². The molecule has 0 aliphatic heterocycles. The Bertz CT molecular complexity index is 734. The Balaban J connectivity index is 2.19. The van der Waals surface area contributed by atoms with Crippen LogP contribution in [0.15, 0.2) is 46.9 Å². The van der Waals surface area contributed by atoms with Crippen LogP contribution in [0, 0.1) is 0 Å². The van der Waals surface area contributed by atoms with Gasteiger partial charge in [0.25, 0.3) is 5.91 Å². The van der Waals surface area contributed by atoms with E-state index >= 15 is 0 Å². The van der Waals surface area contributed by atoms with Crippen molar-refractivity contribution in [3.63, 3.8) is 0 Å². The molecule has 0 heterocycles. The predicted octanol–water partition coefficient (Wildman–Crippen LogP) is 6.29. The van der Waals surface area contributed by atoms with Crippen LogP contribution in [-0.2, 0) is 0 Å². The second-order valence-corrected chi connectivity index (χ2v) is 8.85. The quantitative estimate of drug-likeness (QED) is 0.390. The summed E-state index contributed by atoms with van der Waals surface area (Å²) in [6.07, 6.45) is -1.02. The molecule has 1 amide bonds. The van der Waals surface area contributed by atoms with Gasteiger partial charge < -0.3 is 10.6 Å². The number of rotatable bonds is 4. The maximum absolute atomic E-state index is 12.3. The van der Waals surface area contributed by atoms with E-state index in [-0.39, 0.29) is 0 Å². The zero-order chi connectivity index (χ0) is 17.9. The molecule has 2 N–H and O–H groups in total. The molecule has 24 heavy (non-hydrogen) atoms. The van der Waals surface area contributed by atoms with Crippen LogP contribution in [0.3, 0.4) is 0 Å². The first kappa shape index (κ1) is 20.0. The number of nitrogens with one attached hydrogen (secondary N) is 2. The summed E-state index contributed by atoms with van der Waals surface area (Å²) in [5.74, 6) is -0.406. The highest BCUT2D eigenvalue weighted by molar-refractivity contribution is 9.10. The maximum Gasteiger partial charge on any atom is 0.252 e. The van der Waals surface area contributed by atoms with Crippen LogP contribution < -0.4 is 10.6 Å². The molecule has 0 saturated carbocycles. The van der Waals surface area contributed by atoms with E-state index in [9.17, 15) is 4.79 Å². The summed E-state index contributed by atoms with van der Waals surface area (Å²) in [7, 11) is 0. The first-order valence-electron chi connectivity index (χ1n) is 6.51. The van der Waals surface area contributed by atoms with Gasteiger partial charge >= 0.3 is 0 Å². The molecule has 0 aromatic heterocycles. The fraction of sp³-hybridized carbons (Fsp3) is 0.133. The van der Waals surface area contributed by atoms with Crippen molar-refractivity contribution in [3.05, 3.63) is 62.5 Å². The summed E-state index contributed by atoms with van der Waals surface area (Å²) < 4.78 is -0.961.